The fourth-order valence-electron chi connectivity index (χ4n) is 4.97. The van der Waals surface area contributed by atoms with E-state index in [1.54, 1.807) is 0 Å². The third-order valence-corrected chi connectivity index (χ3v) is 6.53. The van der Waals surface area contributed by atoms with Crippen LogP contribution in [0.2, 0.25) is 0 Å². The lowest BCUT2D eigenvalue weighted by molar-refractivity contribution is 0.0665. The van der Waals surface area contributed by atoms with E-state index in [1.165, 1.54) is 5.56 Å². The maximum Gasteiger partial charge on any atom is 0.201 e. The van der Waals surface area contributed by atoms with Gasteiger partial charge in [0.15, 0.2) is 0 Å². The third-order valence-electron chi connectivity index (χ3n) is 6.53. The highest BCUT2D eigenvalue weighted by atomic mass is 16.5. The molecule has 3 aliphatic rings. The van der Waals surface area contributed by atoms with E-state index < -0.39 is 0 Å². The molecule has 0 spiro atoms. The number of rotatable bonds is 4. The SMILES string of the molecule is Oc1c(C2=NCCOC2)c2cc(CC3CCOCC3)ccc2n1C1CCOCC1. The van der Waals surface area contributed by atoms with Gasteiger partial charge in [-0.3, -0.25) is 4.99 Å². The molecule has 29 heavy (non-hydrogen) atoms. The summed E-state index contributed by atoms with van der Waals surface area (Å²) >= 11 is 0. The molecule has 0 aliphatic carbocycles. The number of aromatic nitrogens is 1. The number of fused-ring (bicyclic) bond motifs is 1. The monoisotopic (exact) mass is 398 g/mol. The molecule has 0 unspecified atom stereocenters. The summed E-state index contributed by atoms with van der Waals surface area (Å²) in [5.74, 6) is 1.01. The van der Waals surface area contributed by atoms with Gasteiger partial charge in [-0.15, -0.1) is 0 Å². The topological polar surface area (TPSA) is 65.2 Å². The number of ether oxygens (including phenoxy) is 3. The second-order valence-electron chi connectivity index (χ2n) is 8.40. The van der Waals surface area contributed by atoms with Gasteiger partial charge in [0, 0.05) is 37.9 Å². The minimum absolute atomic E-state index is 0.256. The molecule has 0 bridgehead atoms. The fraction of sp³-hybridized carbons (Fsp3) is 0.609. The molecule has 156 valence electrons. The Morgan fingerprint density at radius 1 is 0.966 bits per heavy atom. The predicted molar refractivity (Wildman–Crippen MR) is 112 cm³/mol. The van der Waals surface area contributed by atoms with E-state index in [0.717, 1.165) is 80.7 Å². The lowest BCUT2D eigenvalue weighted by Gasteiger charge is -2.25. The van der Waals surface area contributed by atoms with E-state index in [0.29, 0.717) is 31.6 Å². The van der Waals surface area contributed by atoms with Gasteiger partial charge in [-0.1, -0.05) is 6.07 Å². The van der Waals surface area contributed by atoms with Crippen molar-refractivity contribution in [3.8, 4) is 5.88 Å². The van der Waals surface area contributed by atoms with Crippen LogP contribution in [0.1, 0.15) is 42.9 Å². The van der Waals surface area contributed by atoms with Crippen LogP contribution in [0.3, 0.4) is 0 Å². The summed E-state index contributed by atoms with van der Waals surface area (Å²) < 4.78 is 18.8. The third kappa shape index (κ3) is 3.81. The van der Waals surface area contributed by atoms with E-state index in [4.69, 9.17) is 19.2 Å². The van der Waals surface area contributed by atoms with Gasteiger partial charge in [0.2, 0.25) is 5.88 Å². The Morgan fingerprint density at radius 2 is 1.72 bits per heavy atom. The molecule has 0 saturated carbocycles. The van der Waals surface area contributed by atoms with Gasteiger partial charge in [0.05, 0.1) is 36.6 Å². The molecule has 0 atom stereocenters. The average Bonchev–Trinajstić information content (AvgIpc) is 3.07. The lowest BCUT2D eigenvalue weighted by atomic mass is 9.91. The van der Waals surface area contributed by atoms with Crippen LogP contribution in [0.4, 0.5) is 0 Å². The van der Waals surface area contributed by atoms with Gasteiger partial charge in [-0.25, -0.2) is 0 Å². The van der Waals surface area contributed by atoms with Crippen LogP contribution >= 0.6 is 0 Å². The van der Waals surface area contributed by atoms with Crippen LogP contribution < -0.4 is 0 Å². The molecule has 6 nitrogen and oxygen atoms in total. The second kappa shape index (κ2) is 8.46. The van der Waals surface area contributed by atoms with Crippen LogP contribution in [-0.2, 0) is 20.6 Å². The lowest BCUT2D eigenvalue weighted by Crippen LogP contribution is -2.20. The Hall–Kier alpha value is -1.89. The number of hydrogen-bond acceptors (Lipinski definition) is 5. The zero-order valence-electron chi connectivity index (χ0n) is 16.9. The van der Waals surface area contributed by atoms with E-state index >= 15 is 0 Å². The molecule has 2 fully saturated rings. The molecule has 0 amide bonds. The van der Waals surface area contributed by atoms with Crippen molar-refractivity contribution >= 4 is 16.6 Å². The van der Waals surface area contributed by atoms with Crippen LogP contribution in [0.15, 0.2) is 23.2 Å². The van der Waals surface area contributed by atoms with Crippen molar-refractivity contribution in [3.63, 3.8) is 0 Å². The summed E-state index contributed by atoms with van der Waals surface area (Å²) in [4.78, 5) is 4.69. The predicted octanol–water partition coefficient (Wildman–Crippen LogP) is 3.49. The Balaban J connectivity index is 1.57. The van der Waals surface area contributed by atoms with Crippen molar-refractivity contribution in [3.05, 3.63) is 29.3 Å². The number of benzene rings is 1. The molecule has 6 heteroatoms. The minimum Gasteiger partial charge on any atom is -0.494 e. The van der Waals surface area contributed by atoms with Gasteiger partial charge in [0.25, 0.3) is 0 Å². The molecule has 0 radical (unpaired) electrons. The Bertz CT molecular complexity index is 892. The highest BCUT2D eigenvalue weighted by Gasteiger charge is 2.27. The highest BCUT2D eigenvalue weighted by Crippen LogP contribution is 2.39. The van der Waals surface area contributed by atoms with Crippen LogP contribution in [0.25, 0.3) is 10.9 Å². The normalized spacial score (nSPS) is 22.1. The fourth-order valence-corrected chi connectivity index (χ4v) is 4.97. The highest BCUT2D eigenvalue weighted by molar-refractivity contribution is 6.14. The van der Waals surface area contributed by atoms with Crippen LogP contribution in [-0.4, -0.2) is 61.6 Å². The maximum absolute atomic E-state index is 11.3. The van der Waals surface area contributed by atoms with Crippen molar-refractivity contribution in [2.75, 3.05) is 46.2 Å². The van der Waals surface area contributed by atoms with E-state index in [9.17, 15) is 5.11 Å². The van der Waals surface area contributed by atoms with Gasteiger partial charge < -0.3 is 23.9 Å². The summed E-state index contributed by atoms with van der Waals surface area (Å²) in [6.07, 6.45) is 5.15. The number of aromatic hydroxyl groups is 1. The number of hydrogen-bond donors (Lipinski definition) is 1. The largest absolute Gasteiger partial charge is 0.494 e. The van der Waals surface area contributed by atoms with E-state index in [1.807, 2.05) is 0 Å². The maximum atomic E-state index is 11.3. The van der Waals surface area contributed by atoms with Gasteiger partial charge in [-0.2, -0.15) is 0 Å². The number of nitrogens with zero attached hydrogens (tertiary/aromatic N) is 2. The summed E-state index contributed by atoms with van der Waals surface area (Å²) in [5.41, 5.74) is 4.15. The molecule has 2 aromatic rings. The number of aliphatic imine (C=N–C) groups is 1. The molecule has 1 N–H and O–H groups in total. The first-order chi connectivity index (χ1) is 14.3. The Morgan fingerprint density at radius 3 is 2.45 bits per heavy atom. The van der Waals surface area contributed by atoms with E-state index in [-0.39, 0.29) is 6.04 Å². The molecule has 3 aliphatic heterocycles. The quantitative estimate of drug-likeness (QED) is 0.856. The first kappa shape index (κ1) is 19.1. The van der Waals surface area contributed by atoms with Gasteiger partial charge >= 0.3 is 0 Å². The van der Waals surface area contributed by atoms with Crippen molar-refractivity contribution in [1.29, 1.82) is 0 Å². The molecule has 1 aromatic carbocycles. The molecule has 5 rings (SSSR count). The zero-order chi connectivity index (χ0) is 19.6. The first-order valence-electron chi connectivity index (χ1n) is 10.9. The summed E-state index contributed by atoms with van der Waals surface area (Å²) in [6.45, 7) is 4.99. The summed E-state index contributed by atoms with van der Waals surface area (Å²) in [5, 5.41) is 12.4. The van der Waals surface area contributed by atoms with Crippen molar-refractivity contribution in [2.45, 2.75) is 38.1 Å². The summed E-state index contributed by atoms with van der Waals surface area (Å²) in [7, 11) is 0. The zero-order valence-corrected chi connectivity index (χ0v) is 16.9. The molecular weight excluding hydrogens is 368 g/mol. The van der Waals surface area contributed by atoms with Crippen molar-refractivity contribution < 1.29 is 19.3 Å². The van der Waals surface area contributed by atoms with Crippen LogP contribution in [0.5, 0.6) is 5.88 Å². The van der Waals surface area contributed by atoms with Crippen molar-refractivity contribution in [1.82, 2.24) is 4.57 Å². The van der Waals surface area contributed by atoms with E-state index in [2.05, 4.69) is 22.8 Å². The van der Waals surface area contributed by atoms with Gasteiger partial charge in [-0.05, 0) is 55.7 Å². The smallest absolute Gasteiger partial charge is 0.201 e. The summed E-state index contributed by atoms with van der Waals surface area (Å²) in [6, 6.07) is 6.95. The second-order valence-corrected chi connectivity index (χ2v) is 8.40. The van der Waals surface area contributed by atoms with Crippen LogP contribution in [0, 0.1) is 5.92 Å². The Kier molecular flexibility index (Phi) is 5.57. The standard InChI is InChI=1S/C23H30N2O4/c26-23-22(20-15-29-12-7-24-20)19-14-17(13-16-3-8-27-9-4-16)1-2-21(19)25(23)18-5-10-28-11-6-18/h1-2,14,16,18,26H,3-13,15H2. The molecule has 1 aromatic heterocycles. The first-order valence-corrected chi connectivity index (χ1v) is 10.9. The Labute approximate surface area is 171 Å². The van der Waals surface area contributed by atoms with Gasteiger partial charge in [0.1, 0.15) is 0 Å². The minimum atomic E-state index is 0.256. The molecule has 2 saturated heterocycles. The average molecular weight is 399 g/mol. The molecular formula is C23H30N2O4. The molecule has 4 heterocycles. The van der Waals surface area contributed by atoms with Crippen molar-refractivity contribution in [2.24, 2.45) is 10.9 Å².